The summed E-state index contributed by atoms with van der Waals surface area (Å²) in [6, 6.07) is 3.38. The lowest BCUT2D eigenvalue weighted by molar-refractivity contribution is -0.143. The smallest absolute Gasteiger partial charge is 0.333 e. The molecule has 1 atom stereocenters. The highest BCUT2D eigenvalue weighted by Crippen LogP contribution is 2.26. The van der Waals surface area contributed by atoms with Gasteiger partial charge in [-0.2, -0.15) is 0 Å². The number of carbonyl (C=O) groups is 1. The van der Waals surface area contributed by atoms with Crippen molar-refractivity contribution < 1.29 is 23.8 Å². The number of ether oxygens (including phenoxy) is 2. The summed E-state index contributed by atoms with van der Waals surface area (Å²) in [6.45, 7) is -0.0867. The molecule has 0 amide bonds. The Kier molecular flexibility index (Phi) is 5.11. The van der Waals surface area contributed by atoms with Crippen molar-refractivity contribution in [2.75, 3.05) is 20.8 Å². The van der Waals surface area contributed by atoms with Crippen LogP contribution in [0.5, 0.6) is 5.75 Å². The van der Waals surface area contributed by atoms with Crippen LogP contribution in [0.4, 0.5) is 4.39 Å². The minimum absolute atomic E-state index is 0.0867. The first-order valence-corrected chi connectivity index (χ1v) is 6.65. The molecule has 0 saturated carbocycles. The zero-order valence-corrected chi connectivity index (χ0v) is 12.3. The topological polar surface area (TPSA) is 73.6 Å². The van der Waals surface area contributed by atoms with Gasteiger partial charge in [0.15, 0.2) is 17.6 Å². The van der Waals surface area contributed by atoms with Gasteiger partial charge >= 0.3 is 5.97 Å². The van der Waals surface area contributed by atoms with Crippen molar-refractivity contribution in [1.29, 1.82) is 0 Å². The number of carbonyl (C=O) groups excluding carboxylic acids is 1. The third-order valence-electron chi connectivity index (χ3n) is 3.31. The number of aromatic nitrogens is 2. The SMILES string of the molecule is COC(=O)C(c1ccc(OC)c(F)c1)n1cncc1CCO. The fourth-order valence-corrected chi connectivity index (χ4v) is 2.25. The first kappa shape index (κ1) is 16.0. The van der Waals surface area contributed by atoms with E-state index in [9.17, 15) is 9.18 Å². The van der Waals surface area contributed by atoms with E-state index in [4.69, 9.17) is 14.6 Å². The molecule has 0 aliphatic rings. The van der Waals surface area contributed by atoms with Gasteiger partial charge < -0.3 is 19.1 Å². The first-order chi connectivity index (χ1) is 10.6. The molecule has 1 unspecified atom stereocenters. The van der Waals surface area contributed by atoms with Gasteiger partial charge in [0.1, 0.15) is 0 Å². The lowest BCUT2D eigenvalue weighted by Gasteiger charge is -2.19. The molecule has 0 bridgehead atoms. The molecule has 1 heterocycles. The molecule has 1 N–H and O–H groups in total. The zero-order chi connectivity index (χ0) is 16.1. The van der Waals surface area contributed by atoms with Crippen LogP contribution in [-0.2, 0) is 16.0 Å². The van der Waals surface area contributed by atoms with Crippen LogP contribution in [0.1, 0.15) is 17.3 Å². The third kappa shape index (κ3) is 3.09. The minimum Gasteiger partial charge on any atom is -0.494 e. The Hall–Kier alpha value is -2.41. The molecule has 2 aromatic rings. The number of aliphatic hydroxyl groups is 1. The fourth-order valence-electron chi connectivity index (χ4n) is 2.25. The van der Waals surface area contributed by atoms with Crippen molar-refractivity contribution in [2.24, 2.45) is 0 Å². The van der Waals surface area contributed by atoms with E-state index >= 15 is 0 Å². The zero-order valence-electron chi connectivity index (χ0n) is 12.3. The molecule has 7 heteroatoms. The van der Waals surface area contributed by atoms with Crippen LogP contribution in [0.3, 0.4) is 0 Å². The number of nitrogens with zero attached hydrogens (tertiary/aromatic N) is 2. The van der Waals surface area contributed by atoms with Crippen LogP contribution in [0.25, 0.3) is 0 Å². The number of benzene rings is 1. The van der Waals surface area contributed by atoms with E-state index in [1.165, 1.54) is 32.7 Å². The van der Waals surface area contributed by atoms with E-state index in [0.29, 0.717) is 17.7 Å². The molecule has 0 spiro atoms. The van der Waals surface area contributed by atoms with Gasteiger partial charge in [-0.05, 0) is 17.7 Å². The lowest BCUT2D eigenvalue weighted by Crippen LogP contribution is -2.23. The molecule has 0 aliphatic carbocycles. The average Bonchev–Trinajstić information content (AvgIpc) is 2.96. The lowest BCUT2D eigenvalue weighted by atomic mass is 10.1. The Labute approximate surface area is 127 Å². The van der Waals surface area contributed by atoms with E-state index < -0.39 is 17.8 Å². The number of methoxy groups -OCH3 is 2. The molecule has 1 aromatic heterocycles. The van der Waals surface area contributed by atoms with Crippen molar-refractivity contribution in [3.63, 3.8) is 0 Å². The van der Waals surface area contributed by atoms with Crippen LogP contribution in [0.2, 0.25) is 0 Å². The second-order valence-electron chi connectivity index (χ2n) is 4.59. The highest BCUT2D eigenvalue weighted by atomic mass is 19.1. The minimum atomic E-state index is -0.880. The summed E-state index contributed by atoms with van der Waals surface area (Å²) in [4.78, 5) is 16.1. The molecule has 0 saturated heterocycles. The van der Waals surface area contributed by atoms with E-state index in [-0.39, 0.29) is 12.4 Å². The molecule has 2 rings (SSSR count). The Morgan fingerprint density at radius 1 is 1.45 bits per heavy atom. The summed E-state index contributed by atoms with van der Waals surface area (Å²) in [5, 5.41) is 9.09. The van der Waals surface area contributed by atoms with E-state index in [0.717, 1.165) is 0 Å². The van der Waals surface area contributed by atoms with Crippen molar-refractivity contribution in [3.05, 3.63) is 47.8 Å². The Morgan fingerprint density at radius 2 is 2.23 bits per heavy atom. The van der Waals surface area contributed by atoms with Gasteiger partial charge in [0.2, 0.25) is 0 Å². The van der Waals surface area contributed by atoms with E-state index in [1.54, 1.807) is 16.8 Å². The predicted molar refractivity (Wildman–Crippen MR) is 76.1 cm³/mol. The highest BCUT2D eigenvalue weighted by Gasteiger charge is 2.26. The van der Waals surface area contributed by atoms with Gasteiger partial charge in [-0.25, -0.2) is 14.2 Å². The molecular weight excluding hydrogens is 291 g/mol. The van der Waals surface area contributed by atoms with Crippen LogP contribution in [0, 0.1) is 5.82 Å². The second kappa shape index (κ2) is 7.04. The molecule has 0 aliphatic heterocycles. The number of hydrogen-bond donors (Lipinski definition) is 1. The fraction of sp³-hybridized carbons (Fsp3) is 0.333. The maximum Gasteiger partial charge on any atom is 0.333 e. The van der Waals surface area contributed by atoms with Crippen LogP contribution in [0.15, 0.2) is 30.7 Å². The Balaban J connectivity index is 2.49. The highest BCUT2D eigenvalue weighted by molar-refractivity contribution is 5.78. The van der Waals surface area contributed by atoms with Gasteiger partial charge in [0.05, 0.1) is 20.5 Å². The number of aliphatic hydroxyl groups excluding tert-OH is 1. The van der Waals surface area contributed by atoms with Gasteiger partial charge in [-0.3, -0.25) is 0 Å². The summed E-state index contributed by atoms with van der Waals surface area (Å²) < 4.78 is 25.2. The third-order valence-corrected chi connectivity index (χ3v) is 3.31. The van der Waals surface area contributed by atoms with Gasteiger partial charge in [0, 0.05) is 24.9 Å². The quantitative estimate of drug-likeness (QED) is 0.815. The van der Waals surface area contributed by atoms with Crippen molar-refractivity contribution in [1.82, 2.24) is 9.55 Å². The maximum absolute atomic E-state index is 13.9. The van der Waals surface area contributed by atoms with Crippen LogP contribution < -0.4 is 4.74 Å². The normalized spacial score (nSPS) is 12.0. The van der Waals surface area contributed by atoms with Crippen molar-refractivity contribution in [3.8, 4) is 5.75 Å². The van der Waals surface area contributed by atoms with E-state index in [2.05, 4.69) is 4.98 Å². The number of hydrogen-bond acceptors (Lipinski definition) is 5. The monoisotopic (exact) mass is 308 g/mol. The summed E-state index contributed by atoms with van der Waals surface area (Å²) in [5.41, 5.74) is 1.05. The first-order valence-electron chi connectivity index (χ1n) is 6.65. The molecule has 0 fully saturated rings. The average molecular weight is 308 g/mol. The van der Waals surface area contributed by atoms with Gasteiger partial charge in [-0.15, -0.1) is 0 Å². The number of esters is 1. The Bertz CT molecular complexity index is 657. The molecular formula is C15H17FN2O4. The largest absolute Gasteiger partial charge is 0.494 e. The Morgan fingerprint density at radius 3 is 2.82 bits per heavy atom. The second-order valence-corrected chi connectivity index (χ2v) is 4.59. The van der Waals surface area contributed by atoms with Crippen molar-refractivity contribution >= 4 is 5.97 Å². The molecule has 1 aromatic carbocycles. The van der Waals surface area contributed by atoms with Crippen LogP contribution in [-0.4, -0.2) is 41.5 Å². The summed E-state index contributed by atoms with van der Waals surface area (Å²) in [7, 11) is 2.63. The van der Waals surface area contributed by atoms with Gasteiger partial charge in [-0.1, -0.05) is 6.07 Å². The standard InChI is InChI=1S/C15H17FN2O4/c1-21-13-4-3-10(7-12(13)16)14(15(20)22-2)18-9-17-8-11(18)5-6-19/h3-4,7-9,14,19H,5-6H2,1-2H3. The molecule has 22 heavy (non-hydrogen) atoms. The number of rotatable bonds is 6. The van der Waals surface area contributed by atoms with Crippen LogP contribution >= 0.6 is 0 Å². The molecule has 118 valence electrons. The molecule has 0 radical (unpaired) electrons. The maximum atomic E-state index is 13.9. The predicted octanol–water partition coefficient (Wildman–Crippen LogP) is 1.33. The van der Waals surface area contributed by atoms with E-state index in [1.807, 2.05) is 0 Å². The number of halogens is 1. The summed E-state index contributed by atoms with van der Waals surface area (Å²) in [6.07, 6.45) is 3.33. The van der Waals surface area contributed by atoms with Gasteiger partial charge in [0.25, 0.3) is 0 Å². The summed E-state index contributed by atoms with van der Waals surface area (Å²) >= 11 is 0. The molecule has 6 nitrogen and oxygen atoms in total. The summed E-state index contributed by atoms with van der Waals surface area (Å²) in [5.74, 6) is -1.03. The van der Waals surface area contributed by atoms with Crippen molar-refractivity contribution in [2.45, 2.75) is 12.5 Å². The number of imidazole rings is 1.